The van der Waals surface area contributed by atoms with E-state index in [1.807, 2.05) is 0 Å². The second-order valence-corrected chi connectivity index (χ2v) is 5.62. The van der Waals surface area contributed by atoms with Crippen LogP contribution >= 0.6 is 0 Å². The number of H-pyrrole nitrogens is 1. The van der Waals surface area contributed by atoms with E-state index >= 15 is 0 Å². The molecule has 0 spiro atoms. The Kier molecular flexibility index (Phi) is 3.52. The molecular weight excluding hydrogens is 268 g/mol. The molecule has 19 heavy (non-hydrogen) atoms. The maximum atomic E-state index is 11.8. The Morgan fingerprint density at radius 3 is 2.42 bits per heavy atom. The van der Waals surface area contributed by atoms with E-state index in [2.05, 4.69) is 20.2 Å². The normalized spacial score (nSPS) is 11.0. The summed E-state index contributed by atoms with van der Waals surface area (Å²) < 4.78 is 24.4. The Morgan fingerprint density at radius 2 is 1.89 bits per heavy atom. The molecule has 0 aliphatic rings. The molecular formula is C11H12N4O3S. The van der Waals surface area contributed by atoms with Crippen molar-refractivity contribution in [3.63, 3.8) is 0 Å². The molecule has 0 fully saturated rings. The third-order valence-electron chi connectivity index (χ3n) is 2.20. The molecule has 0 radical (unpaired) electrons. The number of benzene rings is 1. The number of aromatic amines is 1. The number of hydrogen-bond acceptors (Lipinski definition) is 4. The number of rotatable bonds is 4. The Balaban J connectivity index is 2.08. The molecule has 0 aliphatic heterocycles. The van der Waals surface area contributed by atoms with Crippen LogP contribution in [-0.2, 0) is 10.0 Å². The third-order valence-corrected chi connectivity index (χ3v) is 2.81. The number of nitrogens with zero attached hydrogens (tertiary/aromatic N) is 1. The zero-order valence-electron chi connectivity index (χ0n) is 10.0. The molecule has 2 rings (SSSR count). The van der Waals surface area contributed by atoms with Crippen LogP contribution in [0.1, 0.15) is 10.4 Å². The zero-order valence-corrected chi connectivity index (χ0v) is 10.9. The lowest BCUT2D eigenvalue weighted by atomic mass is 10.2. The average molecular weight is 280 g/mol. The first-order valence-corrected chi connectivity index (χ1v) is 7.22. The molecule has 1 amide bonds. The molecule has 1 heterocycles. The molecule has 8 heteroatoms. The summed E-state index contributed by atoms with van der Waals surface area (Å²) in [6.07, 6.45) is 2.58. The minimum atomic E-state index is -3.32. The van der Waals surface area contributed by atoms with Gasteiger partial charge in [0.25, 0.3) is 5.91 Å². The monoisotopic (exact) mass is 280 g/mol. The van der Waals surface area contributed by atoms with Crippen LogP contribution in [0.2, 0.25) is 0 Å². The maximum absolute atomic E-state index is 11.8. The van der Waals surface area contributed by atoms with Crippen LogP contribution in [0.3, 0.4) is 0 Å². The number of carbonyl (C=O) groups is 1. The highest BCUT2D eigenvalue weighted by molar-refractivity contribution is 7.92. The van der Waals surface area contributed by atoms with Crippen LogP contribution in [0.25, 0.3) is 0 Å². The fourth-order valence-electron chi connectivity index (χ4n) is 1.42. The maximum Gasteiger partial charge on any atom is 0.256 e. The highest BCUT2D eigenvalue weighted by Crippen LogP contribution is 2.12. The van der Waals surface area contributed by atoms with Crippen molar-refractivity contribution < 1.29 is 13.2 Å². The molecule has 1 aromatic heterocycles. The van der Waals surface area contributed by atoms with Gasteiger partial charge in [0.15, 0.2) is 0 Å². The largest absolute Gasteiger partial charge is 0.307 e. The molecule has 0 saturated heterocycles. The van der Waals surface area contributed by atoms with Crippen LogP contribution in [-0.4, -0.2) is 30.8 Å². The van der Waals surface area contributed by atoms with Crippen molar-refractivity contribution in [3.8, 4) is 0 Å². The predicted molar refractivity (Wildman–Crippen MR) is 71.4 cm³/mol. The fraction of sp³-hybridized carbons (Fsp3) is 0.0909. The summed E-state index contributed by atoms with van der Waals surface area (Å²) in [5, 5.41) is 8.92. The van der Waals surface area contributed by atoms with Crippen molar-refractivity contribution in [2.24, 2.45) is 0 Å². The predicted octanol–water partition coefficient (Wildman–Crippen LogP) is 1.03. The van der Waals surface area contributed by atoms with E-state index in [9.17, 15) is 13.2 Å². The lowest BCUT2D eigenvalue weighted by Crippen LogP contribution is -2.13. The second kappa shape index (κ2) is 5.11. The number of aromatic nitrogens is 2. The SMILES string of the molecule is CS(=O)(=O)Nc1ccc(C(=O)Nc2ccn[nH]2)cc1. The highest BCUT2D eigenvalue weighted by atomic mass is 32.2. The molecule has 2 aromatic rings. The Hall–Kier alpha value is -2.35. The van der Waals surface area contributed by atoms with Gasteiger partial charge in [0.2, 0.25) is 10.0 Å². The van der Waals surface area contributed by atoms with Crippen molar-refractivity contribution in [1.82, 2.24) is 10.2 Å². The van der Waals surface area contributed by atoms with Crippen LogP contribution in [0.5, 0.6) is 0 Å². The van der Waals surface area contributed by atoms with E-state index in [0.29, 0.717) is 17.1 Å². The first-order chi connectivity index (χ1) is 8.94. The van der Waals surface area contributed by atoms with Gasteiger partial charge >= 0.3 is 0 Å². The molecule has 0 saturated carbocycles. The number of anilines is 2. The van der Waals surface area contributed by atoms with Crippen LogP contribution in [0, 0.1) is 0 Å². The fourth-order valence-corrected chi connectivity index (χ4v) is 1.99. The Bertz CT molecular complexity index is 662. The highest BCUT2D eigenvalue weighted by Gasteiger charge is 2.07. The molecule has 7 nitrogen and oxygen atoms in total. The van der Waals surface area contributed by atoms with Crippen molar-refractivity contribution in [1.29, 1.82) is 0 Å². The number of hydrogen-bond donors (Lipinski definition) is 3. The van der Waals surface area contributed by atoms with Crippen molar-refractivity contribution >= 4 is 27.4 Å². The standard InChI is InChI=1S/C11H12N4O3S/c1-19(17,18)15-9-4-2-8(3-5-9)11(16)13-10-6-7-12-14-10/h2-7,15H,1H3,(H2,12,13,14,16). The van der Waals surface area contributed by atoms with Gasteiger partial charge in [-0.15, -0.1) is 0 Å². The lowest BCUT2D eigenvalue weighted by molar-refractivity contribution is 0.102. The smallest absolute Gasteiger partial charge is 0.256 e. The van der Waals surface area contributed by atoms with Crippen LogP contribution in [0.15, 0.2) is 36.5 Å². The van der Waals surface area contributed by atoms with Gasteiger partial charge in [0, 0.05) is 17.3 Å². The van der Waals surface area contributed by atoms with Crippen LogP contribution < -0.4 is 10.0 Å². The molecule has 0 bridgehead atoms. The molecule has 1 aromatic carbocycles. The number of sulfonamides is 1. The Morgan fingerprint density at radius 1 is 1.21 bits per heavy atom. The third kappa shape index (κ3) is 3.81. The first-order valence-electron chi connectivity index (χ1n) is 5.33. The van der Waals surface area contributed by atoms with Gasteiger partial charge in [-0.1, -0.05) is 0 Å². The van der Waals surface area contributed by atoms with Gasteiger partial charge in [-0.25, -0.2) is 8.42 Å². The minimum absolute atomic E-state index is 0.310. The summed E-state index contributed by atoms with van der Waals surface area (Å²) in [6, 6.07) is 7.71. The Labute approximate surface area is 110 Å². The van der Waals surface area contributed by atoms with E-state index in [-0.39, 0.29) is 5.91 Å². The van der Waals surface area contributed by atoms with Gasteiger partial charge in [-0.2, -0.15) is 5.10 Å². The van der Waals surface area contributed by atoms with E-state index in [1.165, 1.54) is 30.5 Å². The summed E-state index contributed by atoms with van der Waals surface area (Å²) in [5.41, 5.74) is 0.814. The first kappa shape index (κ1) is 13.1. The lowest BCUT2D eigenvalue weighted by Gasteiger charge is -2.05. The molecule has 3 N–H and O–H groups in total. The van der Waals surface area contributed by atoms with Crippen molar-refractivity contribution in [3.05, 3.63) is 42.1 Å². The number of nitrogens with one attached hydrogen (secondary N) is 3. The summed E-state index contributed by atoms with van der Waals surface area (Å²) in [5.74, 6) is 0.179. The minimum Gasteiger partial charge on any atom is -0.307 e. The molecule has 0 aliphatic carbocycles. The number of amides is 1. The quantitative estimate of drug-likeness (QED) is 0.778. The molecule has 100 valence electrons. The van der Waals surface area contributed by atoms with E-state index < -0.39 is 10.0 Å². The van der Waals surface area contributed by atoms with Gasteiger partial charge in [-0.05, 0) is 24.3 Å². The van der Waals surface area contributed by atoms with Gasteiger partial charge in [0.05, 0.1) is 12.5 Å². The van der Waals surface area contributed by atoms with Crippen molar-refractivity contribution in [2.75, 3.05) is 16.3 Å². The summed E-state index contributed by atoms with van der Waals surface area (Å²) in [7, 11) is -3.32. The van der Waals surface area contributed by atoms with Gasteiger partial charge in [0.1, 0.15) is 5.82 Å². The summed E-state index contributed by atoms with van der Waals surface area (Å²) in [6.45, 7) is 0. The summed E-state index contributed by atoms with van der Waals surface area (Å²) in [4.78, 5) is 11.8. The topological polar surface area (TPSA) is 104 Å². The zero-order chi connectivity index (χ0) is 13.9. The van der Waals surface area contributed by atoms with Gasteiger partial charge in [-0.3, -0.25) is 14.6 Å². The summed E-state index contributed by atoms with van der Waals surface area (Å²) >= 11 is 0. The number of carbonyl (C=O) groups excluding carboxylic acids is 1. The molecule has 0 atom stereocenters. The van der Waals surface area contributed by atoms with Crippen LogP contribution in [0.4, 0.5) is 11.5 Å². The average Bonchev–Trinajstić information content (AvgIpc) is 2.80. The second-order valence-electron chi connectivity index (χ2n) is 3.88. The van der Waals surface area contributed by atoms with Gasteiger partial charge < -0.3 is 5.32 Å². The van der Waals surface area contributed by atoms with E-state index in [1.54, 1.807) is 6.07 Å². The van der Waals surface area contributed by atoms with E-state index in [0.717, 1.165) is 6.26 Å². The molecule has 0 unspecified atom stereocenters. The van der Waals surface area contributed by atoms with E-state index in [4.69, 9.17) is 0 Å². The van der Waals surface area contributed by atoms with Crippen molar-refractivity contribution in [2.45, 2.75) is 0 Å².